The first-order valence-corrected chi connectivity index (χ1v) is 11.3. The number of imide groups is 1. The van der Waals surface area contributed by atoms with Crippen molar-refractivity contribution in [2.75, 3.05) is 18.5 Å². The summed E-state index contributed by atoms with van der Waals surface area (Å²) in [5.74, 6) is -2.02. The van der Waals surface area contributed by atoms with Crippen molar-refractivity contribution >= 4 is 46.1 Å². The Morgan fingerprint density at radius 3 is 2.50 bits per heavy atom. The largest absolute Gasteiger partial charge is 0.491 e. The number of nitrogens with one attached hydrogen (secondary N) is 2. The number of carbonyl (C=O) groups excluding carboxylic acids is 3. The number of hydrogen-bond donors (Lipinski definition) is 5. The molecule has 10 nitrogen and oxygen atoms in total. The number of anilines is 1. The molecule has 1 aliphatic rings. The lowest BCUT2D eigenvalue weighted by Gasteiger charge is -2.26. The van der Waals surface area contributed by atoms with Crippen molar-refractivity contribution in [2.45, 2.75) is 31.2 Å². The van der Waals surface area contributed by atoms with Crippen LogP contribution in [0.25, 0.3) is 0 Å². The molecular weight excluding hydrogens is 564 g/mol. The average molecular weight is 587 g/mol. The predicted molar refractivity (Wildman–Crippen MR) is 126 cm³/mol. The zero-order valence-corrected chi connectivity index (χ0v) is 20.1. The number of rotatable bonds is 9. The van der Waals surface area contributed by atoms with Crippen LogP contribution in [0.15, 0.2) is 42.5 Å². The van der Waals surface area contributed by atoms with Gasteiger partial charge in [-0.05, 0) is 65.4 Å². The normalized spacial score (nSPS) is 18.3. The summed E-state index contributed by atoms with van der Waals surface area (Å²) in [5.41, 5.74) is 0.242. The summed E-state index contributed by atoms with van der Waals surface area (Å²) in [7, 11) is 0. The first-order chi connectivity index (χ1) is 16.1. The summed E-state index contributed by atoms with van der Waals surface area (Å²) in [6, 6.07) is 6.58. The molecule has 0 aromatic heterocycles. The van der Waals surface area contributed by atoms with Crippen LogP contribution in [0.3, 0.4) is 0 Å². The molecule has 1 saturated heterocycles. The molecule has 0 spiro atoms. The quantitative estimate of drug-likeness (QED) is 0.218. The lowest BCUT2D eigenvalue weighted by atomic mass is 10.1. The Bertz CT molecular complexity index is 1070. The van der Waals surface area contributed by atoms with E-state index in [1.807, 2.05) is 22.6 Å². The third kappa shape index (κ3) is 5.81. The van der Waals surface area contributed by atoms with Gasteiger partial charge in [-0.25, -0.2) is 14.1 Å². The summed E-state index contributed by atoms with van der Waals surface area (Å²) in [6.07, 6.45) is -2.48. The first-order valence-electron chi connectivity index (χ1n) is 10.2. The monoisotopic (exact) mass is 587 g/mol. The zero-order valence-electron chi connectivity index (χ0n) is 17.9. The second-order valence-electron chi connectivity index (χ2n) is 7.61. The summed E-state index contributed by atoms with van der Waals surface area (Å²) in [5, 5.41) is 33.2. The van der Waals surface area contributed by atoms with Crippen molar-refractivity contribution in [3.8, 4) is 5.75 Å². The molecule has 1 fully saturated rings. The van der Waals surface area contributed by atoms with Gasteiger partial charge >= 0.3 is 6.03 Å². The Labute approximate surface area is 207 Å². The molecule has 3 rings (SSSR count). The topological polar surface area (TPSA) is 148 Å². The van der Waals surface area contributed by atoms with Gasteiger partial charge in [0.05, 0.1) is 18.4 Å². The lowest BCUT2D eigenvalue weighted by Crippen LogP contribution is -2.53. The Kier molecular flexibility index (Phi) is 8.41. The third-order valence-corrected chi connectivity index (χ3v) is 5.70. The Morgan fingerprint density at radius 2 is 1.91 bits per heavy atom. The van der Waals surface area contributed by atoms with E-state index in [1.54, 1.807) is 6.07 Å². The number of carbonyl (C=O) groups is 3. The molecule has 2 aromatic carbocycles. The highest BCUT2D eigenvalue weighted by Crippen LogP contribution is 2.27. The Hall–Kier alpha value is -2.81. The van der Waals surface area contributed by atoms with Crippen LogP contribution in [0.5, 0.6) is 5.75 Å². The van der Waals surface area contributed by atoms with Gasteiger partial charge in [-0.2, -0.15) is 0 Å². The second kappa shape index (κ2) is 11.1. The highest BCUT2D eigenvalue weighted by atomic mass is 127. The minimum atomic E-state index is -1.60. The number of nitrogens with zero attached hydrogens (tertiary/aromatic N) is 1. The van der Waals surface area contributed by atoms with Crippen molar-refractivity contribution in [2.24, 2.45) is 0 Å². The Morgan fingerprint density at radius 1 is 1.24 bits per heavy atom. The van der Waals surface area contributed by atoms with Gasteiger partial charge < -0.3 is 30.7 Å². The van der Waals surface area contributed by atoms with Crippen LogP contribution in [0.1, 0.15) is 18.5 Å². The van der Waals surface area contributed by atoms with E-state index >= 15 is 0 Å². The number of aliphatic hydroxyl groups excluding tert-OH is 3. The SMILES string of the molecule is C[C@@H](O)C(C(=O)Nc1ccc(I)cc1F)N1C(=O)N[C@H](c2ccc(OC[C@H](O)CO)cc2)C1=O. The molecule has 1 unspecified atom stereocenters. The third-order valence-electron chi connectivity index (χ3n) is 5.03. The lowest BCUT2D eigenvalue weighted by molar-refractivity contribution is -0.137. The van der Waals surface area contributed by atoms with E-state index in [-0.39, 0.29) is 12.3 Å². The van der Waals surface area contributed by atoms with Gasteiger partial charge in [-0.15, -0.1) is 0 Å². The van der Waals surface area contributed by atoms with Crippen molar-refractivity contribution < 1.29 is 38.8 Å². The number of halogens is 2. The van der Waals surface area contributed by atoms with Gasteiger partial charge in [0.1, 0.15) is 36.4 Å². The molecule has 5 N–H and O–H groups in total. The summed E-state index contributed by atoms with van der Waals surface area (Å²) in [4.78, 5) is 39.1. The fourth-order valence-electron chi connectivity index (χ4n) is 3.33. The molecule has 34 heavy (non-hydrogen) atoms. The van der Waals surface area contributed by atoms with Crippen LogP contribution in [0.2, 0.25) is 0 Å². The zero-order chi connectivity index (χ0) is 25.0. The maximum Gasteiger partial charge on any atom is 0.325 e. The van der Waals surface area contributed by atoms with Gasteiger partial charge in [-0.3, -0.25) is 9.59 Å². The van der Waals surface area contributed by atoms with E-state index in [1.165, 1.54) is 43.3 Å². The number of amides is 4. The number of hydrogen-bond acceptors (Lipinski definition) is 7. The van der Waals surface area contributed by atoms with E-state index in [9.17, 15) is 29.0 Å². The highest BCUT2D eigenvalue weighted by Gasteiger charge is 2.47. The number of benzene rings is 2. The molecule has 0 saturated carbocycles. The van der Waals surface area contributed by atoms with Crippen LogP contribution in [0.4, 0.5) is 14.9 Å². The van der Waals surface area contributed by atoms with E-state index in [0.29, 0.717) is 19.8 Å². The maximum atomic E-state index is 14.2. The van der Waals surface area contributed by atoms with E-state index in [0.717, 1.165) is 0 Å². The Balaban J connectivity index is 1.76. The van der Waals surface area contributed by atoms with Gasteiger partial charge in [-0.1, -0.05) is 12.1 Å². The predicted octanol–water partition coefficient (Wildman–Crippen LogP) is 1.14. The molecule has 0 radical (unpaired) electrons. The fraction of sp³-hybridized carbons (Fsp3) is 0.318. The van der Waals surface area contributed by atoms with Crippen molar-refractivity contribution in [1.29, 1.82) is 0 Å². The molecule has 182 valence electrons. The van der Waals surface area contributed by atoms with Crippen LogP contribution in [0, 0.1) is 9.39 Å². The number of ether oxygens (including phenoxy) is 1. The second-order valence-corrected chi connectivity index (χ2v) is 8.85. The molecule has 2 aromatic rings. The van der Waals surface area contributed by atoms with Gasteiger partial charge in [0.2, 0.25) is 0 Å². The van der Waals surface area contributed by atoms with Gasteiger partial charge in [0, 0.05) is 3.57 Å². The van der Waals surface area contributed by atoms with Crippen molar-refractivity contribution in [3.63, 3.8) is 0 Å². The first kappa shape index (κ1) is 25.8. The average Bonchev–Trinajstić information content (AvgIpc) is 3.08. The number of aliphatic hydroxyl groups is 3. The van der Waals surface area contributed by atoms with E-state index < -0.39 is 54.6 Å². The summed E-state index contributed by atoms with van der Waals surface area (Å²) >= 11 is 1.91. The maximum absolute atomic E-state index is 14.2. The van der Waals surface area contributed by atoms with Crippen LogP contribution < -0.4 is 15.4 Å². The summed E-state index contributed by atoms with van der Waals surface area (Å²) < 4.78 is 20.1. The molecule has 4 amide bonds. The standard InChI is InChI=1S/C22H23FIN3O7/c1-11(29)19(20(31)25-17-7-4-13(24)8-16(17)23)27-21(32)18(26-22(27)33)12-2-5-15(6-3-12)34-10-14(30)9-28/h2-8,11,14,18-19,28-30H,9-10H2,1H3,(H,25,31)(H,26,33)/t11-,14-,18-,19?/m1/s1. The summed E-state index contributed by atoms with van der Waals surface area (Å²) in [6.45, 7) is 0.662. The van der Waals surface area contributed by atoms with E-state index in [4.69, 9.17) is 9.84 Å². The molecule has 1 aliphatic heterocycles. The molecule has 0 bridgehead atoms. The molecule has 4 atom stereocenters. The molecule has 0 aliphatic carbocycles. The van der Waals surface area contributed by atoms with Gasteiger partial charge in [0.25, 0.3) is 11.8 Å². The minimum Gasteiger partial charge on any atom is -0.491 e. The highest BCUT2D eigenvalue weighted by molar-refractivity contribution is 14.1. The van der Waals surface area contributed by atoms with Crippen LogP contribution >= 0.6 is 22.6 Å². The molecule has 12 heteroatoms. The van der Waals surface area contributed by atoms with Crippen molar-refractivity contribution in [1.82, 2.24) is 10.2 Å². The van der Waals surface area contributed by atoms with Crippen LogP contribution in [-0.2, 0) is 9.59 Å². The number of urea groups is 1. The smallest absolute Gasteiger partial charge is 0.325 e. The van der Waals surface area contributed by atoms with Gasteiger partial charge in [0.15, 0.2) is 0 Å². The fourth-order valence-corrected chi connectivity index (χ4v) is 3.79. The van der Waals surface area contributed by atoms with E-state index in [2.05, 4.69) is 10.6 Å². The van der Waals surface area contributed by atoms with Crippen molar-refractivity contribution in [3.05, 3.63) is 57.4 Å². The minimum absolute atomic E-state index is 0.130. The molecule has 1 heterocycles. The molecular formula is C22H23FIN3O7. The van der Waals surface area contributed by atoms with Crippen LogP contribution in [-0.4, -0.2) is 69.5 Å².